The van der Waals surface area contributed by atoms with Crippen molar-refractivity contribution in [2.75, 3.05) is 13.1 Å². The lowest BCUT2D eigenvalue weighted by Gasteiger charge is -2.44. The summed E-state index contributed by atoms with van der Waals surface area (Å²) in [5, 5.41) is 28.1. The minimum absolute atomic E-state index is 0.0250. The van der Waals surface area contributed by atoms with Crippen molar-refractivity contribution in [3.63, 3.8) is 0 Å². The summed E-state index contributed by atoms with van der Waals surface area (Å²) in [4.78, 5) is 79.0. The molecule has 1 saturated carbocycles. The number of hydrogen-bond acceptors (Lipinski definition) is 7. The number of unbranched alkanes of at least 4 members (excludes halogenated alkanes) is 4. The lowest BCUT2D eigenvalue weighted by Crippen LogP contribution is -2.43. The van der Waals surface area contributed by atoms with Crippen molar-refractivity contribution in [2.45, 2.75) is 70.1 Å². The molecule has 3 N–H and O–H groups in total. The maximum atomic E-state index is 13.8. The number of phenolic OH excluding ortho intramolecular Hbond substituents is 1. The summed E-state index contributed by atoms with van der Waals surface area (Å²) in [5.41, 5.74) is 1.54. The third kappa shape index (κ3) is 5.94. The number of aliphatic carboxylic acids is 2. The number of nitrogens with zero attached hydrogens (tertiary/aromatic N) is 2. The topological polar surface area (TPSA) is 170 Å². The van der Waals surface area contributed by atoms with Gasteiger partial charge in [0.05, 0.1) is 23.7 Å². The maximum absolute atomic E-state index is 13.8. The molecule has 43 heavy (non-hydrogen) atoms. The summed E-state index contributed by atoms with van der Waals surface area (Å²) in [6, 6.07) is 6.63. The molecular formula is C32H38N2O9. The van der Waals surface area contributed by atoms with Crippen LogP contribution >= 0.6 is 0 Å². The number of carboxylic acid groups (broad SMARTS) is 2. The van der Waals surface area contributed by atoms with Crippen LogP contribution in [0.3, 0.4) is 0 Å². The van der Waals surface area contributed by atoms with Crippen molar-refractivity contribution in [3.8, 4) is 5.75 Å². The van der Waals surface area contributed by atoms with Crippen LogP contribution in [-0.4, -0.2) is 73.8 Å². The van der Waals surface area contributed by atoms with Gasteiger partial charge in [-0.2, -0.15) is 0 Å². The highest BCUT2D eigenvalue weighted by molar-refractivity contribution is 6.08. The average Bonchev–Trinajstić information content (AvgIpc) is 3.35. The molecular weight excluding hydrogens is 556 g/mol. The Kier molecular flexibility index (Phi) is 8.98. The van der Waals surface area contributed by atoms with E-state index in [1.165, 1.54) is 15.9 Å². The smallest absolute Gasteiger partial charge is 0.303 e. The minimum atomic E-state index is -0.890. The number of likely N-dealkylation sites (tertiary alicyclic amines) is 2. The Morgan fingerprint density at radius 2 is 1.30 bits per heavy atom. The van der Waals surface area contributed by atoms with Gasteiger partial charge in [0, 0.05) is 31.8 Å². The van der Waals surface area contributed by atoms with Gasteiger partial charge in [-0.05, 0) is 62.1 Å². The molecule has 0 unspecified atom stereocenters. The van der Waals surface area contributed by atoms with E-state index in [2.05, 4.69) is 0 Å². The molecule has 5 rings (SSSR count). The average molecular weight is 595 g/mol. The zero-order valence-corrected chi connectivity index (χ0v) is 24.0. The number of amides is 4. The second-order valence-electron chi connectivity index (χ2n) is 12.2. The first-order valence-electron chi connectivity index (χ1n) is 15.2. The van der Waals surface area contributed by atoms with E-state index < -0.39 is 47.4 Å². The van der Waals surface area contributed by atoms with Gasteiger partial charge in [0.1, 0.15) is 5.75 Å². The van der Waals surface area contributed by atoms with Crippen molar-refractivity contribution in [1.82, 2.24) is 9.80 Å². The Hall–Kier alpha value is -4.02. The van der Waals surface area contributed by atoms with Crippen LogP contribution in [0.1, 0.15) is 75.7 Å². The molecule has 2 heterocycles. The van der Waals surface area contributed by atoms with Crippen LogP contribution in [0.5, 0.6) is 5.75 Å². The SMILES string of the molecule is O=C(O)CCCCCN1C(=O)[C@H]2[C@H](CC=C3[C@H]2C[C@H]2C(=O)N(CCCCCC(=O)O)C(=O)[C@H]2[C@H]3c2cccc(O)c2)C1=O. The van der Waals surface area contributed by atoms with Gasteiger partial charge in [0.15, 0.2) is 0 Å². The largest absolute Gasteiger partial charge is 0.508 e. The molecule has 11 heteroatoms. The highest BCUT2D eigenvalue weighted by Gasteiger charge is 2.61. The van der Waals surface area contributed by atoms with Crippen molar-refractivity contribution in [3.05, 3.63) is 41.5 Å². The lowest BCUT2D eigenvalue weighted by atomic mass is 9.57. The molecule has 0 bridgehead atoms. The molecule has 3 fully saturated rings. The van der Waals surface area contributed by atoms with Crippen LogP contribution in [0.2, 0.25) is 0 Å². The third-order valence-electron chi connectivity index (χ3n) is 9.61. The number of carbonyl (C=O) groups is 6. The number of fused-ring (bicyclic) bond motifs is 4. The molecule has 0 aromatic heterocycles. The van der Waals surface area contributed by atoms with Crippen molar-refractivity contribution in [1.29, 1.82) is 0 Å². The van der Waals surface area contributed by atoms with E-state index in [9.17, 15) is 33.9 Å². The van der Waals surface area contributed by atoms with Crippen LogP contribution in [0.4, 0.5) is 0 Å². The molecule has 0 spiro atoms. The molecule has 4 amide bonds. The number of phenols is 1. The second kappa shape index (κ2) is 12.7. The molecule has 2 aliphatic carbocycles. The van der Waals surface area contributed by atoms with Gasteiger partial charge in [-0.25, -0.2) is 0 Å². The van der Waals surface area contributed by atoms with Crippen LogP contribution in [0.25, 0.3) is 0 Å². The normalized spacial score (nSPS) is 28.0. The molecule has 11 nitrogen and oxygen atoms in total. The monoisotopic (exact) mass is 594 g/mol. The highest BCUT2D eigenvalue weighted by atomic mass is 16.4. The Balaban J connectivity index is 1.39. The summed E-state index contributed by atoms with van der Waals surface area (Å²) in [6.45, 7) is 0.418. The van der Waals surface area contributed by atoms with Gasteiger partial charge in [-0.1, -0.05) is 36.6 Å². The van der Waals surface area contributed by atoms with E-state index in [-0.39, 0.29) is 61.7 Å². The molecule has 230 valence electrons. The number of carbonyl (C=O) groups excluding carboxylic acids is 4. The van der Waals surface area contributed by atoms with Crippen LogP contribution in [0.15, 0.2) is 35.9 Å². The Bertz CT molecular complexity index is 1350. The van der Waals surface area contributed by atoms with E-state index in [1.807, 2.05) is 12.1 Å². The fourth-order valence-corrected chi connectivity index (χ4v) is 7.70. The fourth-order valence-electron chi connectivity index (χ4n) is 7.70. The molecule has 1 aromatic rings. The summed E-state index contributed by atoms with van der Waals surface area (Å²) in [5.74, 6) is -6.33. The summed E-state index contributed by atoms with van der Waals surface area (Å²) in [6.07, 6.45) is 5.72. The van der Waals surface area contributed by atoms with Gasteiger partial charge in [0.25, 0.3) is 0 Å². The number of carboxylic acids is 2. The number of aromatic hydroxyl groups is 1. The quantitative estimate of drug-likeness (QED) is 0.176. The standard InChI is InChI=1S/C32H38N2O9/c35-19-9-7-8-18(16-19)26-20-12-13-21-27(31(42)33(29(21)40)14-5-1-3-10-24(36)37)22(20)17-23-28(26)32(43)34(30(23)41)15-6-2-4-11-25(38)39/h7-9,12,16,21-23,26-28,35H,1-6,10-11,13-15,17H2,(H,36,37)(H,38,39)/t21-,22+,23+,26-,27-,28+/m0/s1. The van der Waals surface area contributed by atoms with Gasteiger partial charge >= 0.3 is 11.9 Å². The van der Waals surface area contributed by atoms with E-state index in [0.717, 1.165) is 5.57 Å². The fraction of sp³-hybridized carbons (Fsp3) is 0.562. The number of imide groups is 2. The third-order valence-corrected chi connectivity index (χ3v) is 9.61. The summed E-state index contributed by atoms with van der Waals surface area (Å²) >= 11 is 0. The second-order valence-corrected chi connectivity index (χ2v) is 12.2. The predicted octanol–water partition coefficient (Wildman–Crippen LogP) is 3.32. The van der Waals surface area contributed by atoms with Gasteiger partial charge in [0.2, 0.25) is 23.6 Å². The van der Waals surface area contributed by atoms with E-state index in [1.54, 1.807) is 12.1 Å². The van der Waals surface area contributed by atoms with Gasteiger partial charge in [-0.3, -0.25) is 38.6 Å². The minimum Gasteiger partial charge on any atom is -0.508 e. The van der Waals surface area contributed by atoms with E-state index in [0.29, 0.717) is 50.5 Å². The van der Waals surface area contributed by atoms with Crippen LogP contribution in [-0.2, 0) is 28.8 Å². The van der Waals surface area contributed by atoms with E-state index >= 15 is 0 Å². The zero-order chi connectivity index (χ0) is 30.8. The van der Waals surface area contributed by atoms with Crippen molar-refractivity contribution < 1.29 is 44.1 Å². The molecule has 2 saturated heterocycles. The van der Waals surface area contributed by atoms with E-state index in [4.69, 9.17) is 10.2 Å². The maximum Gasteiger partial charge on any atom is 0.303 e. The van der Waals surface area contributed by atoms with Crippen molar-refractivity contribution in [2.24, 2.45) is 29.6 Å². The Morgan fingerprint density at radius 1 is 0.721 bits per heavy atom. The van der Waals surface area contributed by atoms with Gasteiger partial charge < -0.3 is 15.3 Å². The molecule has 6 atom stereocenters. The first-order valence-corrected chi connectivity index (χ1v) is 15.2. The number of benzene rings is 1. The summed E-state index contributed by atoms with van der Waals surface area (Å²) in [7, 11) is 0. The number of allylic oxidation sites excluding steroid dienone is 2. The Morgan fingerprint density at radius 3 is 1.88 bits per heavy atom. The van der Waals surface area contributed by atoms with Crippen molar-refractivity contribution >= 4 is 35.6 Å². The van der Waals surface area contributed by atoms with Gasteiger partial charge in [-0.15, -0.1) is 0 Å². The lowest BCUT2D eigenvalue weighted by molar-refractivity contribution is -0.142. The molecule has 4 aliphatic rings. The predicted molar refractivity (Wildman–Crippen MR) is 151 cm³/mol. The Labute approximate surface area is 249 Å². The molecule has 2 aliphatic heterocycles. The zero-order valence-electron chi connectivity index (χ0n) is 24.0. The van der Waals surface area contributed by atoms with Crippen LogP contribution in [0, 0.1) is 29.6 Å². The molecule has 0 radical (unpaired) electrons. The van der Waals surface area contributed by atoms with Crippen LogP contribution < -0.4 is 0 Å². The number of rotatable bonds is 13. The molecule has 1 aromatic carbocycles. The first kappa shape index (κ1) is 30.4. The first-order chi connectivity index (χ1) is 20.6. The highest BCUT2D eigenvalue weighted by Crippen LogP contribution is 2.58. The number of hydrogen-bond donors (Lipinski definition) is 3. The summed E-state index contributed by atoms with van der Waals surface area (Å²) < 4.78 is 0.